The van der Waals surface area contributed by atoms with E-state index in [0.29, 0.717) is 12.6 Å². The number of aliphatic hydroxyl groups is 1. The van der Waals surface area contributed by atoms with E-state index in [-0.39, 0.29) is 18.6 Å². The summed E-state index contributed by atoms with van der Waals surface area (Å²) < 4.78 is 0. The first kappa shape index (κ1) is 12.5. The zero-order chi connectivity index (χ0) is 11.1. The monoisotopic (exact) mass is 214 g/mol. The van der Waals surface area contributed by atoms with Gasteiger partial charge in [0, 0.05) is 12.1 Å². The van der Waals surface area contributed by atoms with Crippen molar-refractivity contribution in [1.82, 2.24) is 10.6 Å². The van der Waals surface area contributed by atoms with Crippen molar-refractivity contribution in [2.24, 2.45) is 0 Å². The lowest BCUT2D eigenvalue weighted by atomic mass is 10.2. The summed E-state index contributed by atoms with van der Waals surface area (Å²) in [5, 5.41) is 15.0. The molecule has 4 heteroatoms. The van der Waals surface area contributed by atoms with Crippen molar-refractivity contribution in [3.05, 3.63) is 0 Å². The van der Waals surface area contributed by atoms with E-state index in [2.05, 4.69) is 10.6 Å². The Morgan fingerprint density at radius 3 is 2.67 bits per heavy atom. The zero-order valence-electron chi connectivity index (χ0n) is 9.46. The van der Waals surface area contributed by atoms with Crippen molar-refractivity contribution in [3.63, 3.8) is 0 Å². The molecule has 1 amide bonds. The van der Waals surface area contributed by atoms with Gasteiger partial charge in [0.15, 0.2) is 0 Å². The first-order chi connectivity index (χ1) is 7.26. The van der Waals surface area contributed by atoms with Crippen LogP contribution in [0.2, 0.25) is 0 Å². The van der Waals surface area contributed by atoms with Gasteiger partial charge in [-0.3, -0.25) is 4.79 Å². The van der Waals surface area contributed by atoms with Crippen LogP contribution >= 0.6 is 0 Å². The lowest BCUT2D eigenvalue weighted by Crippen LogP contribution is -2.43. The Morgan fingerprint density at radius 1 is 1.47 bits per heavy atom. The molecule has 0 radical (unpaired) electrons. The molecule has 0 spiro atoms. The number of hydrogen-bond acceptors (Lipinski definition) is 3. The van der Waals surface area contributed by atoms with Gasteiger partial charge in [-0.25, -0.2) is 0 Å². The van der Waals surface area contributed by atoms with Crippen LogP contribution in [0.1, 0.15) is 39.0 Å². The smallest absolute Gasteiger partial charge is 0.234 e. The molecule has 3 N–H and O–H groups in total. The minimum absolute atomic E-state index is 0.0410. The standard InChI is InChI=1S/C11H22N2O2/c1-2-9(8-14)12-7-11(15)13-10-5-3-4-6-10/h9-10,12,14H,2-8H2,1H3,(H,13,15). The van der Waals surface area contributed by atoms with Crippen molar-refractivity contribution in [2.75, 3.05) is 13.2 Å². The highest BCUT2D eigenvalue weighted by Gasteiger charge is 2.17. The first-order valence-electron chi connectivity index (χ1n) is 5.89. The second-order valence-corrected chi connectivity index (χ2v) is 4.22. The second-order valence-electron chi connectivity index (χ2n) is 4.22. The third kappa shape index (κ3) is 4.62. The molecular formula is C11H22N2O2. The molecule has 0 bridgehead atoms. The quantitative estimate of drug-likeness (QED) is 0.600. The fourth-order valence-electron chi connectivity index (χ4n) is 1.92. The Morgan fingerprint density at radius 2 is 2.13 bits per heavy atom. The summed E-state index contributed by atoms with van der Waals surface area (Å²) in [5.41, 5.74) is 0. The molecule has 15 heavy (non-hydrogen) atoms. The molecule has 1 aliphatic carbocycles. The molecule has 0 aromatic heterocycles. The maximum atomic E-state index is 11.5. The second kappa shape index (κ2) is 6.80. The van der Waals surface area contributed by atoms with Crippen LogP contribution in [0.4, 0.5) is 0 Å². The third-order valence-electron chi connectivity index (χ3n) is 2.98. The van der Waals surface area contributed by atoms with Crippen LogP contribution in [0.15, 0.2) is 0 Å². The van der Waals surface area contributed by atoms with Crippen LogP contribution in [0.3, 0.4) is 0 Å². The summed E-state index contributed by atoms with van der Waals surface area (Å²) in [5.74, 6) is 0.0498. The van der Waals surface area contributed by atoms with Crippen molar-refractivity contribution >= 4 is 5.91 Å². The predicted octanol–water partition coefficient (Wildman–Crippen LogP) is 0.406. The van der Waals surface area contributed by atoms with Gasteiger partial charge in [-0.2, -0.15) is 0 Å². The summed E-state index contributed by atoms with van der Waals surface area (Å²) in [6, 6.07) is 0.424. The van der Waals surface area contributed by atoms with Gasteiger partial charge in [-0.15, -0.1) is 0 Å². The fraction of sp³-hybridized carbons (Fsp3) is 0.909. The third-order valence-corrected chi connectivity index (χ3v) is 2.98. The van der Waals surface area contributed by atoms with Gasteiger partial charge in [-0.1, -0.05) is 19.8 Å². The molecule has 0 aromatic carbocycles. The lowest BCUT2D eigenvalue weighted by Gasteiger charge is -2.16. The van der Waals surface area contributed by atoms with Crippen molar-refractivity contribution < 1.29 is 9.90 Å². The normalized spacial score (nSPS) is 19.1. The Kier molecular flexibility index (Phi) is 5.65. The predicted molar refractivity (Wildman–Crippen MR) is 59.6 cm³/mol. The molecule has 1 atom stereocenters. The molecule has 1 unspecified atom stereocenters. The van der Waals surface area contributed by atoms with Gasteiger partial charge < -0.3 is 15.7 Å². The number of amides is 1. The summed E-state index contributed by atoms with van der Waals surface area (Å²) in [6.45, 7) is 2.39. The van der Waals surface area contributed by atoms with Crippen LogP contribution in [0, 0.1) is 0 Å². The molecular weight excluding hydrogens is 192 g/mol. The molecule has 0 saturated heterocycles. The number of aliphatic hydroxyl groups excluding tert-OH is 1. The van der Waals surface area contributed by atoms with Crippen LogP contribution in [-0.2, 0) is 4.79 Å². The van der Waals surface area contributed by atoms with Crippen LogP contribution in [-0.4, -0.2) is 36.2 Å². The van der Waals surface area contributed by atoms with Crippen LogP contribution < -0.4 is 10.6 Å². The molecule has 0 aromatic rings. The minimum Gasteiger partial charge on any atom is -0.395 e. The maximum absolute atomic E-state index is 11.5. The van der Waals surface area contributed by atoms with E-state index in [1.54, 1.807) is 0 Å². The SMILES string of the molecule is CCC(CO)NCC(=O)NC1CCCC1. The Balaban J connectivity index is 2.12. The first-order valence-corrected chi connectivity index (χ1v) is 5.89. The van der Waals surface area contributed by atoms with E-state index in [4.69, 9.17) is 5.11 Å². The number of rotatable bonds is 6. The number of carbonyl (C=O) groups excluding carboxylic acids is 1. The average molecular weight is 214 g/mol. The molecule has 0 aliphatic heterocycles. The lowest BCUT2D eigenvalue weighted by molar-refractivity contribution is -0.121. The Labute approximate surface area is 91.4 Å². The van der Waals surface area contributed by atoms with Gasteiger partial charge in [-0.05, 0) is 19.3 Å². The number of nitrogens with one attached hydrogen (secondary N) is 2. The molecule has 0 heterocycles. The van der Waals surface area contributed by atoms with E-state index in [1.807, 2.05) is 6.92 Å². The number of hydrogen-bond donors (Lipinski definition) is 3. The van der Waals surface area contributed by atoms with Crippen LogP contribution in [0.25, 0.3) is 0 Å². The molecule has 1 rings (SSSR count). The van der Waals surface area contributed by atoms with Gasteiger partial charge in [0.05, 0.1) is 13.2 Å². The largest absolute Gasteiger partial charge is 0.395 e. The zero-order valence-corrected chi connectivity index (χ0v) is 9.46. The van der Waals surface area contributed by atoms with E-state index in [1.165, 1.54) is 12.8 Å². The molecule has 1 aliphatic rings. The summed E-state index contributed by atoms with van der Waals surface area (Å²) in [4.78, 5) is 11.5. The van der Waals surface area contributed by atoms with Crippen molar-refractivity contribution in [2.45, 2.75) is 51.1 Å². The minimum atomic E-state index is 0.0410. The van der Waals surface area contributed by atoms with E-state index >= 15 is 0 Å². The summed E-state index contributed by atoms with van der Waals surface area (Å²) in [7, 11) is 0. The summed E-state index contributed by atoms with van der Waals surface area (Å²) in [6.07, 6.45) is 5.53. The van der Waals surface area contributed by atoms with Gasteiger partial charge in [0.2, 0.25) is 5.91 Å². The van der Waals surface area contributed by atoms with Crippen molar-refractivity contribution in [3.8, 4) is 0 Å². The van der Waals surface area contributed by atoms with E-state index in [0.717, 1.165) is 19.3 Å². The molecule has 1 saturated carbocycles. The number of carbonyl (C=O) groups is 1. The van der Waals surface area contributed by atoms with Crippen LogP contribution in [0.5, 0.6) is 0 Å². The molecule has 4 nitrogen and oxygen atoms in total. The summed E-state index contributed by atoms with van der Waals surface area (Å²) >= 11 is 0. The highest BCUT2D eigenvalue weighted by atomic mass is 16.3. The maximum Gasteiger partial charge on any atom is 0.234 e. The van der Waals surface area contributed by atoms with Gasteiger partial charge in [0.1, 0.15) is 0 Å². The average Bonchev–Trinajstić information content (AvgIpc) is 2.72. The molecule has 1 fully saturated rings. The van der Waals surface area contributed by atoms with Crippen molar-refractivity contribution in [1.29, 1.82) is 0 Å². The van der Waals surface area contributed by atoms with E-state index < -0.39 is 0 Å². The van der Waals surface area contributed by atoms with Gasteiger partial charge in [0.25, 0.3) is 0 Å². The highest BCUT2D eigenvalue weighted by molar-refractivity contribution is 5.78. The fourth-order valence-corrected chi connectivity index (χ4v) is 1.92. The molecule has 88 valence electrons. The van der Waals surface area contributed by atoms with Gasteiger partial charge >= 0.3 is 0 Å². The van der Waals surface area contributed by atoms with E-state index in [9.17, 15) is 4.79 Å². The highest BCUT2D eigenvalue weighted by Crippen LogP contribution is 2.17. The Bertz CT molecular complexity index is 187. The topological polar surface area (TPSA) is 61.4 Å². The Hall–Kier alpha value is -0.610.